The molecule has 1 rings (SSSR count). The second-order valence-electron chi connectivity index (χ2n) is 4.14. The Labute approximate surface area is 108 Å². The quantitative estimate of drug-likeness (QED) is 0.629. The van der Waals surface area contributed by atoms with Crippen LogP contribution in [0.1, 0.15) is 13.3 Å². The molecule has 100 valence electrons. The molecule has 1 aromatic carbocycles. The predicted molar refractivity (Wildman–Crippen MR) is 73.3 cm³/mol. The highest BCUT2D eigenvalue weighted by atomic mass is 16.3. The molecule has 0 aliphatic carbocycles. The summed E-state index contributed by atoms with van der Waals surface area (Å²) in [5.41, 5.74) is 6.93. The highest BCUT2D eigenvalue weighted by molar-refractivity contribution is 5.95. The molecule has 5 nitrogen and oxygen atoms in total. The van der Waals surface area contributed by atoms with E-state index in [-0.39, 0.29) is 19.1 Å². The fourth-order valence-corrected chi connectivity index (χ4v) is 1.73. The molecule has 0 bridgehead atoms. The fraction of sp³-hybridized carbons (Fsp3) is 0.462. The van der Waals surface area contributed by atoms with Gasteiger partial charge in [-0.3, -0.25) is 9.69 Å². The molecule has 0 atom stereocenters. The molecule has 0 aliphatic heterocycles. The van der Waals surface area contributed by atoms with E-state index in [2.05, 4.69) is 5.32 Å². The van der Waals surface area contributed by atoms with Gasteiger partial charge in [0, 0.05) is 6.54 Å². The lowest BCUT2D eigenvalue weighted by molar-refractivity contribution is -0.117. The zero-order valence-electron chi connectivity index (χ0n) is 10.7. The van der Waals surface area contributed by atoms with Crippen LogP contribution in [0.2, 0.25) is 0 Å². The van der Waals surface area contributed by atoms with Crippen molar-refractivity contribution < 1.29 is 9.90 Å². The number of rotatable bonds is 7. The maximum Gasteiger partial charge on any atom is 0.238 e. The molecule has 0 fully saturated rings. The average molecular weight is 251 g/mol. The first kappa shape index (κ1) is 14.5. The van der Waals surface area contributed by atoms with Gasteiger partial charge in [-0.25, -0.2) is 0 Å². The highest BCUT2D eigenvalue weighted by Crippen LogP contribution is 2.16. The van der Waals surface area contributed by atoms with Crippen LogP contribution in [0.3, 0.4) is 0 Å². The number of nitrogens with zero attached hydrogens (tertiary/aromatic N) is 1. The Morgan fingerprint density at radius 2 is 2.11 bits per heavy atom. The van der Waals surface area contributed by atoms with Gasteiger partial charge in [0.05, 0.1) is 24.5 Å². The summed E-state index contributed by atoms with van der Waals surface area (Å²) in [7, 11) is 0. The molecule has 0 aromatic heterocycles. The van der Waals surface area contributed by atoms with Crippen LogP contribution in [0.25, 0.3) is 0 Å². The third-order valence-electron chi connectivity index (χ3n) is 2.56. The summed E-state index contributed by atoms with van der Waals surface area (Å²) in [5.74, 6) is -0.116. The molecular weight excluding hydrogens is 230 g/mol. The van der Waals surface area contributed by atoms with Crippen LogP contribution in [0.4, 0.5) is 11.4 Å². The van der Waals surface area contributed by atoms with Crippen molar-refractivity contribution in [3.05, 3.63) is 24.3 Å². The van der Waals surface area contributed by atoms with Crippen LogP contribution >= 0.6 is 0 Å². The summed E-state index contributed by atoms with van der Waals surface area (Å²) in [6.45, 7) is 3.66. The molecule has 0 spiro atoms. The van der Waals surface area contributed by atoms with Gasteiger partial charge in [-0.15, -0.1) is 0 Å². The van der Waals surface area contributed by atoms with Gasteiger partial charge in [-0.1, -0.05) is 19.1 Å². The Balaban J connectivity index is 2.52. The zero-order valence-corrected chi connectivity index (χ0v) is 10.7. The van der Waals surface area contributed by atoms with E-state index in [1.54, 1.807) is 12.1 Å². The second-order valence-corrected chi connectivity index (χ2v) is 4.14. The number of para-hydroxylation sites is 2. The van der Waals surface area contributed by atoms with Crippen LogP contribution in [-0.4, -0.2) is 42.2 Å². The van der Waals surface area contributed by atoms with Crippen molar-refractivity contribution in [3.63, 3.8) is 0 Å². The number of benzene rings is 1. The monoisotopic (exact) mass is 251 g/mol. The van der Waals surface area contributed by atoms with Gasteiger partial charge in [0.2, 0.25) is 5.91 Å². The van der Waals surface area contributed by atoms with E-state index in [9.17, 15) is 4.79 Å². The maximum absolute atomic E-state index is 11.8. The van der Waals surface area contributed by atoms with E-state index < -0.39 is 0 Å². The number of anilines is 2. The topological polar surface area (TPSA) is 78.6 Å². The minimum absolute atomic E-state index is 0.0563. The number of carbonyl (C=O) groups excluding carboxylic acids is 1. The van der Waals surface area contributed by atoms with Crippen molar-refractivity contribution in [1.29, 1.82) is 0 Å². The fourth-order valence-electron chi connectivity index (χ4n) is 1.73. The summed E-state index contributed by atoms with van der Waals surface area (Å²) in [6.07, 6.45) is 0.945. The first-order chi connectivity index (χ1) is 8.67. The van der Waals surface area contributed by atoms with Crippen LogP contribution in [0.15, 0.2) is 24.3 Å². The van der Waals surface area contributed by atoms with Crippen LogP contribution in [0.5, 0.6) is 0 Å². The smallest absolute Gasteiger partial charge is 0.238 e. The molecule has 5 heteroatoms. The summed E-state index contributed by atoms with van der Waals surface area (Å²) in [4.78, 5) is 13.7. The van der Waals surface area contributed by atoms with E-state index in [0.717, 1.165) is 13.0 Å². The number of nitrogens with two attached hydrogens (primary N) is 1. The molecule has 0 radical (unpaired) electrons. The molecule has 18 heavy (non-hydrogen) atoms. The molecule has 4 N–H and O–H groups in total. The van der Waals surface area contributed by atoms with Gasteiger partial charge in [-0.2, -0.15) is 0 Å². The van der Waals surface area contributed by atoms with Crippen molar-refractivity contribution in [1.82, 2.24) is 4.90 Å². The summed E-state index contributed by atoms with van der Waals surface area (Å²) < 4.78 is 0. The minimum Gasteiger partial charge on any atom is -0.397 e. The standard InChI is InChI=1S/C13H21N3O2/c1-2-7-16(8-9-17)10-13(18)15-12-6-4-3-5-11(12)14/h3-6,17H,2,7-10,14H2,1H3,(H,15,18). The molecule has 0 aliphatic rings. The minimum atomic E-state index is -0.116. The molecule has 0 saturated heterocycles. The van der Waals surface area contributed by atoms with Crippen LogP contribution in [-0.2, 0) is 4.79 Å². The molecule has 0 heterocycles. The first-order valence-corrected chi connectivity index (χ1v) is 6.15. The number of hydrogen-bond donors (Lipinski definition) is 3. The van der Waals surface area contributed by atoms with E-state index in [4.69, 9.17) is 10.8 Å². The number of nitrogen functional groups attached to an aromatic ring is 1. The van der Waals surface area contributed by atoms with Gasteiger partial charge in [0.15, 0.2) is 0 Å². The molecule has 0 saturated carbocycles. The summed E-state index contributed by atoms with van der Waals surface area (Å²) in [6, 6.07) is 7.15. The lowest BCUT2D eigenvalue weighted by Gasteiger charge is -2.20. The Morgan fingerprint density at radius 3 is 2.72 bits per heavy atom. The molecule has 1 amide bonds. The normalized spacial score (nSPS) is 10.6. The van der Waals surface area contributed by atoms with Crippen LogP contribution < -0.4 is 11.1 Å². The number of aliphatic hydroxyl groups is 1. The van der Waals surface area contributed by atoms with Gasteiger partial charge in [0.1, 0.15) is 0 Å². The van der Waals surface area contributed by atoms with Gasteiger partial charge in [0.25, 0.3) is 0 Å². The lowest BCUT2D eigenvalue weighted by atomic mass is 10.2. The van der Waals surface area contributed by atoms with Crippen molar-refractivity contribution in [2.75, 3.05) is 37.3 Å². The van der Waals surface area contributed by atoms with Crippen molar-refractivity contribution in [2.24, 2.45) is 0 Å². The second kappa shape index (κ2) is 7.68. The number of hydrogen-bond acceptors (Lipinski definition) is 4. The van der Waals surface area contributed by atoms with E-state index >= 15 is 0 Å². The lowest BCUT2D eigenvalue weighted by Crippen LogP contribution is -2.35. The van der Waals surface area contributed by atoms with Crippen molar-refractivity contribution >= 4 is 17.3 Å². The predicted octanol–water partition coefficient (Wildman–Crippen LogP) is 0.912. The Bertz CT molecular complexity index is 376. The number of carbonyl (C=O) groups is 1. The number of amides is 1. The first-order valence-electron chi connectivity index (χ1n) is 6.15. The Kier molecular flexibility index (Phi) is 6.18. The van der Waals surface area contributed by atoms with Crippen molar-refractivity contribution in [3.8, 4) is 0 Å². The molecular formula is C13H21N3O2. The molecule has 1 aromatic rings. The van der Waals surface area contributed by atoms with E-state index in [0.29, 0.717) is 17.9 Å². The van der Waals surface area contributed by atoms with Crippen molar-refractivity contribution in [2.45, 2.75) is 13.3 Å². The maximum atomic E-state index is 11.8. The van der Waals surface area contributed by atoms with Gasteiger partial charge >= 0.3 is 0 Å². The third-order valence-corrected chi connectivity index (χ3v) is 2.56. The Hall–Kier alpha value is -1.59. The zero-order chi connectivity index (χ0) is 13.4. The SMILES string of the molecule is CCCN(CCO)CC(=O)Nc1ccccc1N. The highest BCUT2D eigenvalue weighted by Gasteiger charge is 2.10. The average Bonchev–Trinajstić information content (AvgIpc) is 2.33. The van der Waals surface area contributed by atoms with Gasteiger partial charge in [-0.05, 0) is 25.1 Å². The molecule has 0 unspecified atom stereocenters. The van der Waals surface area contributed by atoms with Crippen LogP contribution in [0, 0.1) is 0 Å². The largest absolute Gasteiger partial charge is 0.397 e. The Morgan fingerprint density at radius 1 is 1.39 bits per heavy atom. The van der Waals surface area contributed by atoms with Gasteiger partial charge < -0.3 is 16.2 Å². The van der Waals surface area contributed by atoms with E-state index in [1.807, 2.05) is 24.0 Å². The number of nitrogens with one attached hydrogen (secondary N) is 1. The summed E-state index contributed by atoms with van der Waals surface area (Å²) in [5, 5.41) is 11.7. The third kappa shape index (κ3) is 4.73. The summed E-state index contributed by atoms with van der Waals surface area (Å²) >= 11 is 0. The van der Waals surface area contributed by atoms with E-state index in [1.165, 1.54) is 0 Å². The number of aliphatic hydroxyl groups excluding tert-OH is 1.